The number of benzene rings is 1. The normalized spacial score (nSPS) is 28.0. The number of carbonyl (C=O) groups excluding carboxylic acids is 2. The zero-order valence-corrected chi connectivity index (χ0v) is 15.3. The number of fused-ring (bicyclic) bond motifs is 3. The zero-order valence-electron chi connectivity index (χ0n) is 13.7. The summed E-state index contributed by atoms with van der Waals surface area (Å²) >= 11 is 0. The number of nitrogens with zero attached hydrogens (tertiary/aromatic N) is 1. The molecule has 25 heavy (non-hydrogen) atoms. The molecule has 2 fully saturated rings. The van der Waals surface area contributed by atoms with E-state index in [1.54, 1.807) is 0 Å². The lowest BCUT2D eigenvalue weighted by molar-refractivity contribution is 0.0693. The maximum atomic E-state index is 12.7. The highest BCUT2D eigenvalue weighted by Crippen LogP contribution is 2.29. The van der Waals surface area contributed by atoms with E-state index in [2.05, 4.69) is 10.0 Å². The van der Waals surface area contributed by atoms with Gasteiger partial charge in [-0.3, -0.25) is 14.5 Å². The SMILES string of the molecule is CN1C(=O)c2ccc(S(=O)(=O)NC3CC4CCC(C3)N4)cc2C1=O.Cl. The van der Waals surface area contributed by atoms with Crippen molar-refractivity contribution in [2.75, 3.05) is 7.05 Å². The summed E-state index contributed by atoms with van der Waals surface area (Å²) in [4.78, 5) is 25.0. The average Bonchev–Trinajstić information content (AvgIpc) is 2.99. The van der Waals surface area contributed by atoms with Gasteiger partial charge in [-0.15, -0.1) is 12.4 Å². The van der Waals surface area contributed by atoms with E-state index >= 15 is 0 Å². The van der Waals surface area contributed by atoms with E-state index in [0.717, 1.165) is 30.6 Å². The fraction of sp³-hybridized carbons (Fsp3) is 0.500. The molecule has 2 atom stereocenters. The molecule has 7 nitrogen and oxygen atoms in total. The summed E-state index contributed by atoms with van der Waals surface area (Å²) in [5, 5.41) is 3.47. The van der Waals surface area contributed by atoms with Gasteiger partial charge in [-0.2, -0.15) is 0 Å². The van der Waals surface area contributed by atoms with Gasteiger partial charge in [0.1, 0.15) is 0 Å². The van der Waals surface area contributed by atoms with Crippen molar-refractivity contribution in [1.82, 2.24) is 14.9 Å². The van der Waals surface area contributed by atoms with Crippen LogP contribution in [0.3, 0.4) is 0 Å². The maximum absolute atomic E-state index is 12.7. The quantitative estimate of drug-likeness (QED) is 0.753. The molecule has 9 heteroatoms. The van der Waals surface area contributed by atoms with Gasteiger partial charge in [0.25, 0.3) is 11.8 Å². The molecule has 0 spiro atoms. The van der Waals surface area contributed by atoms with Crippen LogP contribution in [0, 0.1) is 0 Å². The number of carbonyl (C=O) groups is 2. The van der Waals surface area contributed by atoms with Crippen molar-refractivity contribution in [3.05, 3.63) is 29.3 Å². The Balaban J connectivity index is 0.00000182. The van der Waals surface area contributed by atoms with E-state index in [4.69, 9.17) is 0 Å². The number of sulfonamides is 1. The van der Waals surface area contributed by atoms with Gasteiger partial charge in [0.15, 0.2) is 0 Å². The van der Waals surface area contributed by atoms with Crippen molar-refractivity contribution < 1.29 is 18.0 Å². The smallest absolute Gasteiger partial charge is 0.261 e. The summed E-state index contributed by atoms with van der Waals surface area (Å²) in [6, 6.07) is 4.77. The van der Waals surface area contributed by atoms with E-state index in [-0.39, 0.29) is 34.5 Å². The first-order valence-electron chi connectivity index (χ1n) is 8.10. The zero-order chi connectivity index (χ0) is 17.1. The molecule has 2 saturated heterocycles. The van der Waals surface area contributed by atoms with Crippen LogP contribution in [0.25, 0.3) is 0 Å². The molecule has 3 heterocycles. The van der Waals surface area contributed by atoms with E-state index in [1.165, 1.54) is 25.2 Å². The van der Waals surface area contributed by atoms with Crippen molar-refractivity contribution in [3.8, 4) is 0 Å². The molecule has 0 radical (unpaired) electrons. The second kappa shape index (κ2) is 6.35. The molecular formula is C16H20ClN3O4S. The van der Waals surface area contributed by atoms with Crippen LogP contribution in [-0.4, -0.2) is 50.3 Å². The molecule has 0 aromatic heterocycles. The van der Waals surface area contributed by atoms with Gasteiger partial charge in [0, 0.05) is 25.2 Å². The predicted molar refractivity (Wildman–Crippen MR) is 93.4 cm³/mol. The Labute approximate surface area is 152 Å². The fourth-order valence-corrected chi connectivity index (χ4v) is 5.24. The third-order valence-electron chi connectivity index (χ3n) is 5.17. The highest BCUT2D eigenvalue weighted by molar-refractivity contribution is 7.89. The predicted octanol–water partition coefficient (Wildman–Crippen LogP) is 0.895. The van der Waals surface area contributed by atoms with Crippen molar-refractivity contribution in [2.45, 2.75) is 48.7 Å². The number of halogens is 1. The van der Waals surface area contributed by atoms with E-state index in [9.17, 15) is 18.0 Å². The monoisotopic (exact) mass is 385 g/mol. The molecule has 1 aromatic carbocycles. The Morgan fingerprint density at radius 2 is 1.68 bits per heavy atom. The third-order valence-corrected chi connectivity index (χ3v) is 6.68. The van der Waals surface area contributed by atoms with Crippen molar-refractivity contribution >= 4 is 34.2 Å². The maximum Gasteiger partial charge on any atom is 0.261 e. The summed E-state index contributed by atoms with van der Waals surface area (Å²) in [6.45, 7) is 0. The van der Waals surface area contributed by atoms with Gasteiger partial charge in [0.05, 0.1) is 16.0 Å². The molecule has 136 valence electrons. The van der Waals surface area contributed by atoms with Crippen LogP contribution in [0.1, 0.15) is 46.4 Å². The highest BCUT2D eigenvalue weighted by Gasteiger charge is 2.37. The number of nitrogens with one attached hydrogen (secondary N) is 2. The lowest BCUT2D eigenvalue weighted by atomic mass is 10.0. The molecule has 0 aliphatic carbocycles. The second-order valence-corrected chi connectivity index (χ2v) is 8.52. The molecular weight excluding hydrogens is 366 g/mol. The first-order valence-corrected chi connectivity index (χ1v) is 9.58. The van der Waals surface area contributed by atoms with Crippen LogP contribution in [0.2, 0.25) is 0 Å². The number of amides is 2. The highest BCUT2D eigenvalue weighted by atomic mass is 35.5. The Morgan fingerprint density at radius 3 is 2.32 bits per heavy atom. The van der Waals surface area contributed by atoms with E-state index in [1.807, 2.05) is 0 Å². The lowest BCUT2D eigenvalue weighted by Crippen LogP contribution is -2.47. The summed E-state index contributed by atoms with van der Waals surface area (Å²) in [5.74, 6) is -0.867. The van der Waals surface area contributed by atoms with Crippen LogP contribution in [0.5, 0.6) is 0 Å². The third kappa shape index (κ3) is 3.08. The molecule has 2 bridgehead atoms. The van der Waals surface area contributed by atoms with E-state index in [0.29, 0.717) is 12.1 Å². The van der Waals surface area contributed by atoms with Crippen LogP contribution in [-0.2, 0) is 10.0 Å². The van der Waals surface area contributed by atoms with E-state index < -0.39 is 21.8 Å². The average molecular weight is 386 g/mol. The van der Waals surface area contributed by atoms with Gasteiger partial charge >= 0.3 is 0 Å². The van der Waals surface area contributed by atoms with Crippen molar-refractivity contribution in [1.29, 1.82) is 0 Å². The summed E-state index contributed by atoms with van der Waals surface area (Å²) in [6.07, 6.45) is 3.73. The summed E-state index contributed by atoms with van der Waals surface area (Å²) in [5.41, 5.74) is 0.400. The molecule has 2 amide bonds. The molecule has 2 unspecified atom stereocenters. The van der Waals surface area contributed by atoms with Crippen LogP contribution >= 0.6 is 12.4 Å². The first-order chi connectivity index (χ1) is 11.3. The Hall–Kier alpha value is -1.48. The number of imide groups is 1. The molecule has 3 aliphatic rings. The summed E-state index contributed by atoms with van der Waals surface area (Å²) < 4.78 is 28.1. The van der Waals surface area contributed by atoms with Crippen LogP contribution in [0.4, 0.5) is 0 Å². The number of hydrogen-bond acceptors (Lipinski definition) is 5. The molecule has 4 rings (SSSR count). The molecule has 0 saturated carbocycles. The Bertz CT molecular complexity index is 830. The van der Waals surface area contributed by atoms with Gasteiger partial charge in [0.2, 0.25) is 10.0 Å². The minimum absolute atomic E-state index is 0. The fourth-order valence-electron chi connectivity index (χ4n) is 3.95. The van der Waals surface area contributed by atoms with Gasteiger partial charge in [-0.25, -0.2) is 13.1 Å². The molecule has 1 aromatic rings. The van der Waals surface area contributed by atoms with Gasteiger partial charge in [-0.05, 0) is 43.9 Å². The number of piperidine rings is 1. The standard InChI is InChI=1S/C16H19N3O4S.ClH/c1-19-15(20)13-5-4-12(8-14(13)16(19)21)24(22,23)18-11-6-9-2-3-10(7-11)17-9;/h4-5,8-11,17-18H,2-3,6-7H2,1H3;1H. The Kier molecular flexibility index (Phi) is 4.65. The van der Waals surface area contributed by atoms with Crippen LogP contribution in [0.15, 0.2) is 23.1 Å². The molecule has 2 N–H and O–H groups in total. The molecule has 3 aliphatic heterocycles. The first kappa shape index (κ1) is 18.3. The van der Waals surface area contributed by atoms with Gasteiger partial charge < -0.3 is 5.32 Å². The number of rotatable bonds is 3. The largest absolute Gasteiger partial charge is 0.311 e. The van der Waals surface area contributed by atoms with Gasteiger partial charge in [-0.1, -0.05) is 0 Å². The van der Waals surface area contributed by atoms with Crippen LogP contribution < -0.4 is 10.0 Å². The topological polar surface area (TPSA) is 95.6 Å². The lowest BCUT2D eigenvalue weighted by Gasteiger charge is -2.29. The minimum atomic E-state index is -3.72. The van der Waals surface area contributed by atoms with Crippen molar-refractivity contribution in [3.63, 3.8) is 0 Å². The minimum Gasteiger partial charge on any atom is -0.311 e. The Morgan fingerprint density at radius 1 is 1.08 bits per heavy atom. The van der Waals surface area contributed by atoms with Crippen molar-refractivity contribution in [2.24, 2.45) is 0 Å². The number of hydrogen-bond donors (Lipinski definition) is 2. The summed E-state index contributed by atoms with van der Waals surface area (Å²) in [7, 11) is -2.33. The second-order valence-electron chi connectivity index (χ2n) is 6.80.